The zero-order chi connectivity index (χ0) is 13.6. The number of hydrogen-bond donors (Lipinski definition) is 2. The molecule has 0 fully saturated rings. The highest BCUT2D eigenvalue weighted by molar-refractivity contribution is 7.99. The van der Waals surface area contributed by atoms with Crippen LogP contribution in [0.15, 0.2) is 18.5 Å². The normalized spacial score (nSPS) is 13.6. The quantitative estimate of drug-likeness (QED) is 0.477. The standard InChI is InChI=1S/C11H16F3N3S/c1-2-5-18-7-10(17-15)8-6-16-4-3-9(8)11(12,13)14/h3-4,6,10,17H,2,5,7,15H2,1H3. The number of alkyl halides is 3. The first-order valence-electron chi connectivity index (χ1n) is 5.55. The van der Waals surface area contributed by atoms with E-state index in [1.54, 1.807) is 11.8 Å². The van der Waals surface area contributed by atoms with Crippen LogP contribution in [0.2, 0.25) is 0 Å². The largest absolute Gasteiger partial charge is 0.416 e. The molecule has 1 aromatic heterocycles. The lowest BCUT2D eigenvalue weighted by Gasteiger charge is -2.20. The summed E-state index contributed by atoms with van der Waals surface area (Å²) >= 11 is 1.56. The molecule has 0 aromatic carbocycles. The number of nitrogens with two attached hydrogens (primary N) is 1. The van der Waals surface area contributed by atoms with E-state index < -0.39 is 17.8 Å². The topological polar surface area (TPSA) is 50.9 Å². The second-order valence-corrected chi connectivity index (χ2v) is 4.90. The first-order chi connectivity index (χ1) is 8.50. The van der Waals surface area contributed by atoms with E-state index in [-0.39, 0.29) is 5.56 Å². The van der Waals surface area contributed by atoms with Gasteiger partial charge in [0, 0.05) is 23.7 Å². The Bertz CT molecular complexity index is 371. The van der Waals surface area contributed by atoms with Crippen LogP contribution in [0.25, 0.3) is 0 Å². The van der Waals surface area contributed by atoms with Crippen molar-refractivity contribution < 1.29 is 13.2 Å². The second kappa shape index (κ2) is 6.96. The summed E-state index contributed by atoms with van der Waals surface area (Å²) in [6, 6.07) is 0.427. The fourth-order valence-corrected chi connectivity index (χ4v) is 2.48. The third-order valence-electron chi connectivity index (χ3n) is 2.37. The summed E-state index contributed by atoms with van der Waals surface area (Å²) in [5, 5.41) is 0. The van der Waals surface area contributed by atoms with Crippen molar-refractivity contribution in [3.05, 3.63) is 29.6 Å². The fourth-order valence-electron chi connectivity index (χ4n) is 1.52. The van der Waals surface area contributed by atoms with Crippen molar-refractivity contribution in [3.63, 3.8) is 0 Å². The third-order valence-corrected chi connectivity index (χ3v) is 3.63. The van der Waals surface area contributed by atoms with E-state index in [1.807, 2.05) is 6.92 Å². The van der Waals surface area contributed by atoms with Crippen molar-refractivity contribution in [3.8, 4) is 0 Å². The Morgan fingerprint density at radius 1 is 1.50 bits per heavy atom. The Hall–Kier alpha value is -0.790. The van der Waals surface area contributed by atoms with Crippen LogP contribution in [-0.2, 0) is 6.18 Å². The Labute approximate surface area is 108 Å². The van der Waals surface area contributed by atoms with Crippen LogP contribution in [0, 0.1) is 0 Å². The van der Waals surface area contributed by atoms with Crippen LogP contribution in [-0.4, -0.2) is 16.5 Å². The van der Waals surface area contributed by atoms with Crippen LogP contribution in [0.4, 0.5) is 13.2 Å². The number of thioether (sulfide) groups is 1. The predicted molar refractivity (Wildman–Crippen MR) is 66.9 cm³/mol. The van der Waals surface area contributed by atoms with Crippen LogP contribution in [0.3, 0.4) is 0 Å². The number of hydrazine groups is 1. The molecule has 1 rings (SSSR count). The summed E-state index contributed by atoms with van der Waals surface area (Å²) in [5.41, 5.74) is 1.84. The van der Waals surface area contributed by atoms with Gasteiger partial charge in [-0.25, -0.2) is 0 Å². The average molecular weight is 279 g/mol. The van der Waals surface area contributed by atoms with Gasteiger partial charge in [0.15, 0.2) is 0 Å². The lowest BCUT2D eigenvalue weighted by molar-refractivity contribution is -0.138. The molecule has 0 saturated carbocycles. The van der Waals surface area contributed by atoms with Gasteiger partial charge in [0.2, 0.25) is 0 Å². The molecule has 1 aromatic rings. The van der Waals surface area contributed by atoms with E-state index in [0.717, 1.165) is 24.4 Å². The molecule has 0 aliphatic carbocycles. The molecule has 0 bridgehead atoms. The molecule has 1 atom stereocenters. The van der Waals surface area contributed by atoms with Gasteiger partial charge < -0.3 is 0 Å². The molecule has 3 nitrogen and oxygen atoms in total. The van der Waals surface area contributed by atoms with E-state index in [0.29, 0.717) is 5.75 Å². The number of aromatic nitrogens is 1. The van der Waals surface area contributed by atoms with Gasteiger partial charge in [0.05, 0.1) is 11.6 Å². The van der Waals surface area contributed by atoms with Gasteiger partial charge >= 0.3 is 6.18 Å². The molecule has 18 heavy (non-hydrogen) atoms. The maximum atomic E-state index is 12.8. The highest BCUT2D eigenvalue weighted by atomic mass is 32.2. The highest BCUT2D eigenvalue weighted by Crippen LogP contribution is 2.34. The maximum absolute atomic E-state index is 12.8. The third kappa shape index (κ3) is 4.15. The van der Waals surface area contributed by atoms with Crippen molar-refractivity contribution in [2.75, 3.05) is 11.5 Å². The van der Waals surface area contributed by atoms with Gasteiger partial charge in [0.25, 0.3) is 0 Å². The first-order valence-corrected chi connectivity index (χ1v) is 6.71. The summed E-state index contributed by atoms with van der Waals surface area (Å²) < 4.78 is 38.5. The monoisotopic (exact) mass is 279 g/mol. The molecule has 0 radical (unpaired) electrons. The smallest absolute Gasteiger partial charge is 0.271 e. The van der Waals surface area contributed by atoms with Crippen molar-refractivity contribution in [1.29, 1.82) is 0 Å². The summed E-state index contributed by atoms with van der Waals surface area (Å²) in [6.45, 7) is 2.02. The van der Waals surface area contributed by atoms with Crippen molar-refractivity contribution >= 4 is 11.8 Å². The van der Waals surface area contributed by atoms with Crippen LogP contribution >= 0.6 is 11.8 Å². The van der Waals surface area contributed by atoms with Gasteiger partial charge in [-0.3, -0.25) is 16.3 Å². The molecule has 0 saturated heterocycles. The van der Waals surface area contributed by atoms with Crippen molar-refractivity contribution in [2.45, 2.75) is 25.6 Å². The number of pyridine rings is 1. The summed E-state index contributed by atoms with van der Waals surface area (Å²) in [6.07, 6.45) is -1.05. The number of nitrogens with zero attached hydrogens (tertiary/aromatic N) is 1. The zero-order valence-corrected chi connectivity index (χ0v) is 10.8. The van der Waals surface area contributed by atoms with Crippen molar-refractivity contribution in [2.24, 2.45) is 5.84 Å². The molecule has 1 heterocycles. The summed E-state index contributed by atoms with van der Waals surface area (Å²) in [7, 11) is 0. The van der Waals surface area contributed by atoms with Gasteiger partial charge in [-0.15, -0.1) is 0 Å². The molecule has 0 aliphatic heterocycles. The number of hydrogen-bond acceptors (Lipinski definition) is 4. The highest BCUT2D eigenvalue weighted by Gasteiger charge is 2.35. The lowest BCUT2D eigenvalue weighted by atomic mass is 10.0. The van der Waals surface area contributed by atoms with E-state index in [4.69, 9.17) is 5.84 Å². The predicted octanol–water partition coefficient (Wildman–Crippen LogP) is 2.75. The molecule has 3 N–H and O–H groups in total. The van der Waals surface area contributed by atoms with Crippen LogP contribution < -0.4 is 11.3 Å². The Morgan fingerprint density at radius 3 is 2.78 bits per heavy atom. The Balaban J connectivity index is 2.91. The number of rotatable bonds is 6. The molecule has 0 aliphatic rings. The minimum Gasteiger partial charge on any atom is -0.271 e. The lowest BCUT2D eigenvalue weighted by Crippen LogP contribution is -2.31. The zero-order valence-electron chi connectivity index (χ0n) is 10.00. The average Bonchev–Trinajstić information content (AvgIpc) is 2.34. The van der Waals surface area contributed by atoms with Gasteiger partial charge in [0.1, 0.15) is 0 Å². The van der Waals surface area contributed by atoms with Gasteiger partial charge in [-0.2, -0.15) is 24.9 Å². The minimum absolute atomic E-state index is 0.0936. The minimum atomic E-state index is -4.39. The molecule has 0 spiro atoms. The Morgan fingerprint density at radius 2 is 2.22 bits per heavy atom. The van der Waals surface area contributed by atoms with E-state index >= 15 is 0 Å². The fraction of sp³-hybridized carbons (Fsp3) is 0.545. The van der Waals surface area contributed by atoms with Crippen LogP contribution in [0.1, 0.15) is 30.5 Å². The SMILES string of the molecule is CCCSCC(NN)c1cnccc1C(F)(F)F. The first kappa shape index (κ1) is 15.3. The van der Waals surface area contributed by atoms with Gasteiger partial charge in [-0.1, -0.05) is 6.92 Å². The number of nitrogens with one attached hydrogen (secondary N) is 1. The molecular weight excluding hydrogens is 263 g/mol. The van der Waals surface area contributed by atoms with E-state index in [9.17, 15) is 13.2 Å². The summed E-state index contributed by atoms with van der Waals surface area (Å²) in [4.78, 5) is 3.75. The molecule has 7 heteroatoms. The number of halogens is 3. The van der Waals surface area contributed by atoms with E-state index in [2.05, 4.69) is 10.4 Å². The van der Waals surface area contributed by atoms with Crippen LogP contribution in [0.5, 0.6) is 0 Å². The van der Waals surface area contributed by atoms with E-state index in [1.165, 1.54) is 6.20 Å². The maximum Gasteiger partial charge on any atom is 0.416 e. The second-order valence-electron chi connectivity index (χ2n) is 3.75. The molecule has 102 valence electrons. The van der Waals surface area contributed by atoms with Crippen molar-refractivity contribution in [1.82, 2.24) is 10.4 Å². The molecule has 0 amide bonds. The summed E-state index contributed by atoms with van der Waals surface area (Å²) in [5.74, 6) is 6.71. The Kier molecular flexibility index (Phi) is 5.90. The molecule has 1 unspecified atom stereocenters. The van der Waals surface area contributed by atoms with Gasteiger partial charge in [-0.05, 0) is 18.2 Å². The molecular formula is C11H16F3N3S.